The Morgan fingerprint density at radius 1 is 1.42 bits per heavy atom. The Balaban J connectivity index is 1.88. The van der Waals surface area contributed by atoms with E-state index < -0.39 is 0 Å². The number of aryl methyl sites for hydroxylation is 1. The molecule has 0 aliphatic heterocycles. The van der Waals surface area contributed by atoms with E-state index in [-0.39, 0.29) is 12.5 Å². The number of pyridine rings is 1. The Morgan fingerprint density at radius 3 is 2.84 bits per heavy atom. The second-order valence-corrected chi connectivity index (χ2v) is 5.11. The van der Waals surface area contributed by atoms with E-state index in [4.69, 9.17) is 5.11 Å². The van der Waals surface area contributed by atoms with Gasteiger partial charge in [0.05, 0.1) is 6.61 Å². The first-order chi connectivity index (χ1) is 9.31. The molecule has 1 N–H and O–H groups in total. The van der Waals surface area contributed by atoms with Gasteiger partial charge >= 0.3 is 0 Å². The topological polar surface area (TPSA) is 53.4 Å². The summed E-state index contributed by atoms with van der Waals surface area (Å²) in [6.45, 7) is 0.520. The maximum absolute atomic E-state index is 12.3. The SMILES string of the molecule is O=C(CCc1cccnc1)N(CCO)C1CCCC1. The van der Waals surface area contributed by atoms with Crippen LogP contribution in [0, 0.1) is 0 Å². The molecule has 19 heavy (non-hydrogen) atoms. The molecule has 0 saturated heterocycles. The third-order valence-corrected chi connectivity index (χ3v) is 3.78. The summed E-state index contributed by atoms with van der Waals surface area (Å²) in [6.07, 6.45) is 9.33. The van der Waals surface area contributed by atoms with Gasteiger partial charge in [-0.25, -0.2) is 0 Å². The number of amides is 1. The summed E-state index contributed by atoms with van der Waals surface area (Å²) in [7, 11) is 0. The van der Waals surface area contributed by atoms with Crippen LogP contribution < -0.4 is 0 Å². The van der Waals surface area contributed by atoms with Crippen molar-refractivity contribution < 1.29 is 9.90 Å². The van der Waals surface area contributed by atoms with E-state index in [2.05, 4.69) is 4.98 Å². The van der Waals surface area contributed by atoms with Crippen LogP contribution in [-0.4, -0.2) is 40.1 Å². The molecule has 4 nitrogen and oxygen atoms in total. The monoisotopic (exact) mass is 262 g/mol. The molecule has 0 aromatic carbocycles. The van der Waals surface area contributed by atoms with E-state index in [1.165, 1.54) is 12.8 Å². The molecule has 1 aromatic rings. The van der Waals surface area contributed by atoms with Gasteiger partial charge < -0.3 is 10.0 Å². The molecule has 1 aliphatic rings. The minimum absolute atomic E-state index is 0.0507. The molecule has 0 atom stereocenters. The minimum Gasteiger partial charge on any atom is -0.395 e. The number of aliphatic hydroxyl groups excluding tert-OH is 1. The molecule has 0 unspecified atom stereocenters. The van der Waals surface area contributed by atoms with Gasteiger partial charge in [-0.1, -0.05) is 18.9 Å². The molecule has 4 heteroatoms. The van der Waals surface area contributed by atoms with Crippen LogP contribution in [0.3, 0.4) is 0 Å². The van der Waals surface area contributed by atoms with E-state index in [1.54, 1.807) is 12.4 Å². The lowest BCUT2D eigenvalue weighted by atomic mass is 10.1. The van der Waals surface area contributed by atoms with Crippen molar-refractivity contribution in [1.29, 1.82) is 0 Å². The molecular formula is C15H22N2O2. The number of carbonyl (C=O) groups excluding carboxylic acids is 1. The molecule has 1 amide bonds. The first-order valence-electron chi connectivity index (χ1n) is 7.10. The average molecular weight is 262 g/mol. The summed E-state index contributed by atoms with van der Waals surface area (Å²) in [6, 6.07) is 4.22. The number of aliphatic hydroxyl groups is 1. The van der Waals surface area contributed by atoms with Crippen LogP contribution in [-0.2, 0) is 11.2 Å². The predicted octanol–water partition coefficient (Wildman–Crippen LogP) is 1.78. The lowest BCUT2D eigenvalue weighted by Gasteiger charge is -2.28. The molecule has 104 valence electrons. The van der Waals surface area contributed by atoms with E-state index >= 15 is 0 Å². The zero-order valence-corrected chi connectivity index (χ0v) is 11.3. The molecule has 1 heterocycles. The normalized spacial score (nSPS) is 15.6. The molecule has 0 spiro atoms. The number of hydrogen-bond donors (Lipinski definition) is 1. The molecule has 1 fully saturated rings. The zero-order chi connectivity index (χ0) is 13.5. The molecule has 1 saturated carbocycles. The third-order valence-electron chi connectivity index (χ3n) is 3.78. The van der Waals surface area contributed by atoms with Crippen LogP contribution in [0.25, 0.3) is 0 Å². The van der Waals surface area contributed by atoms with E-state index in [0.29, 0.717) is 19.0 Å². The Hall–Kier alpha value is -1.42. The highest BCUT2D eigenvalue weighted by atomic mass is 16.3. The van der Waals surface area contributed by atoms with E-state index in [9.17, 15) is 4.79 Å². The Morgan fingerprint density at radius 2 is 2.21 bits per heavy atom. The quantitative estimate of drug-likeness (QED) is 0.850. The Labute approximate surface area is 114 Å². The summed E-state index contributed by atoms with van der Waals surface area (Å²) in [5, 5.41) is 9.13. The summed E-state index contributed by atoms with van der Waals surface area (Å²) >= 11 is 0. The fourth-order valence-electron chi connectivity index (χ4n) is 2.78. The molecular weight excluding hydrogens is 240 g/mol. The molecule has 1 aromatic heterocycles. The lowest BCUT2D eigenvalue weighted by molar-refractivity contribution is -0.134. The summed E-state index contributed by atoms with van der Waals surface area (Å²) in [4.78, 5) is 18.2. The average Bonchev–Trinajstić information content (AvgIpc) is 2.97. The standard InChI is InChI=1S/C15H22N2O2/c18-11-10-17(14-5-1-2-6-14)15(19)8-7-13-4-3-9-16-12-13/h3-4,9,12,14,18H,1-2,5-8,10-11H2. The number of nitrogens with zero attached hydrogens (tertiary/aromatic N) is 2. The predicted molar refractivity (Wildman–Crippen MR) is 73.6 cm³/mol. The first kappa shape index (κ1) is 14.0. The number of rotatable bonds is 6. The van der Waals surface area contributed by atoms with Crippen molar-refractivity contribution in [3.05, 3.63) is 30.1 Å². The van der Waals surface area contributed by atoms with Crippen molar-refractivity contribution >= 4 is 5.91 Å². The minimum atomic E-state index is 0.0507. The molecule has 1 aliphatic carbocycles. The summed E-state index contributed by atoms with van der Waals surface area (Å²) in [5.41, 5.74) is 1.09. The number of aromatic nitrogens is 1. The number of hydrogen-bond acceptors (Lipinski definition) is 3. The van der Waals surface area contributed by atoms with Crippen LogP contribution >= 0.6 is 0 Å². The second-order valence-electron chi connectivity index (χ2n) is 5.11. The van der Waals surface area contributed by atoms with Gasteiger partial charge in [0.1, 0.15) is 0 Å². The highest BCUT2D eigenvalue weighted by Crippen LogP contribution is 2.24. The summed E-state index contributed by atoms with van der Waals surface area (Å²) in [5.74, 6) is 0.157. The fourth-order valence-corrected chi connectivity index (χ4v) is 2.78. The van der Waals surface area contributed by atoms with Gasteiger partial charge in [-0.2, -0.15) is 0 Å². The van der Waals surface area contributed by atoms with Gasteiger partial charge in [-0.3, -0.25) is 9.78 Å². The van der Waals surface area contributed by atoms with Crippen LogP contribution in [0.15, 0.2) is 24.5 Å². The zero-order valence-electron chi connectivity index (χ0n) is 11.3. The van der Waals surface area contributed by atoms with Crippen molar-refractivity contribution in [3.8, 4) is 0 Å². The van der Waals surface area contributed by atoms with Gasteiger partial charge in [0.2, 0.25) is 5.91 Å². The van der Waals surface area contributed by atoms with Crippen LogP contribution in [0.4, 0.5) is 0 Å². The Bertz CT molecular complexity index is 388. The Kier molecular flexibility index (Phi) is 5.33. The van der Waals surface area contributed by atoms with E-state index in [0.717, 1.165) is 24.8 Å². The molecule has 2 rings (SSSR count). The highest BCUT2D eigenvalue weighted by molar-refractivity contribution is 5.76. The van der Waals surface area contributed by atoms with Crippen molar-refractivity contribution in [2.45, 2.75) is 44.6 Å². The number of carbonyl (C=O) groups is 1. The van der Waals surface area contributed by atoms with Crippen LogP contribution in [0.2, 0.25) is 0 Å². The van der Waals surface area contributed by atoms with Gasteiger partial charge in [-0.05, 0) is 30.9 Å². The fraction of sp³-hybridized carbons (Fsp3) is 0.600. The second kappa shape index (κ2) is 7.24. The maximum atomic E-state index is 12.3. The highest BCUT2D eigenvalue weighted by Gasteiger charge is 2.25. The van der Waals surface area contributed by atoms with Crippen molar-refractivity contribution in [1.82, 2.24) is 9.88 Å². The smallest absolute Gasteiger partial charge is 0.223 e. The van der Waals surface area contributed by atoms with Gasteiger partial charge in [0, 0.05) is 31.4 Å². The first-order valence-corrected chi connectivity index (χ1v) is 7.10. The van der Waals surface area contributed by atoms with Gasteiger partial charge in [-0.15, -0.1) is 0 Å². The largest absolute Gasteiger partial charge is 0.395 e. The van der Waals surface area contributed by atoms with Crippen molar-refractivity contribution in [3.63, 3.8) is 0 Å². The van der Waals surface area contributed by atoms with Gasteiger partial charge in [0.15, 0.2) is 0 Å². The van der Waals surface area contributed by atoms with E-state index in [1.807, 2.05) is 17.0 Å². The summed E-state index contributed by atoms with van der Waals surface area (Å²) < 4.78 is 0. The molecule has 0 radical (unpaired) electrons. The van der Waals surface area contributed by atoms with Crippen LogP contribution in [0.5, 0.6) is 0 Å². The van der Waals surface area contributed by atoms with Crippen molar-refractivity contribution in [2.75, 3.05) is 13.2 Å². The lowest BCUT2D eigenvalue weighted by Crippen LogP contribution is -2.40. The third kappa shape index (κ3) is 4.03. The maximum Gasteiger partial charge on any atom is 0.223 e. The molecule has 0 bridgehead atoms. The van der Waals surface area contributed by atoms with Gasteiger partial charge in [0.25, 0.3) is 0 Å². The van der Waals surface area contributed by atoms with Crippen molar-refractivity contribution in [2.24, 2.45) is 0 Å². The van der Waals surface area contributed by atoms with Crippen LogP contribution in [0.1, 0.15) is 37.7 Å².